The normalized spacial score (nSPS) is 35.5. The van der Waals surface area contributed by atoms with Crippen molar-refractivity contribution in [3.63, 3.8) is 0 Å². The minimum absolute atomic E-state index is 0. The fourth-order valence-corrected chi connectivity index (χ4v) is 7.02. The Morgan fingerprint density at radius 3 is 2.32 bits per heavy atom. The number of carbonyl (C=O) groups excluding carboxylic acids is 1. The van der Waals surface area contributed by atoms with Crippen LogP contribution in [0.15, 0.2) is 54.6 Å². The number of hydrogen-bond acceptors (Lipinski definition) is 3. The number of nitrogens with one attached hydrogen (secondary N) is 1. The average Bonchev–Trinajstić information content (AvgIpc) is 3.25. The van der Waals surface area contributed by atoms with Gasteiger partial charge < -0.3 is 16.0 Å². The molecule has 3 saturated carbocycles. The molecule has 7 rings (SSSR count). The average molecular weight is 438 g/mol. The first-order chi connectivity index (χ1) is 14.7. The highest BCUT2D eigenvalue weighted by atomic mass is 35.5. The second-order valence-corrected chi connectivity index (χ2v) is 9.83. The van der Waals surface area contributed by atoms with Crippen LogP contribution >= 0.6 is 12.4 Å². The predicted octanol–water partition coefficient (Wildman–Crippen LogP) is 4.93. The van der Waals surface area contributed by atoms with E-state index in [-0.39, 0.29) is 36.5 Å². The molecule has 2 bridgehead atoms. The molecule has 2 heterocycles. The van der Waals surface area contributed by atoms with E-state index in [0.717, 1.165) is 13.0 Å². The summed E-state index contributed by atoms with van der Waals surface area (Å²) in [5, 5.41) is 3.80. The minimum atomic E-state index is 0. The van der Waals surface area contributed by atoms with Crippen molar-refractivity contribution in [1.82, 2.24) is 4.90 Å². The standard InChI is InChI=1S/C26H31N3O.ClH/c27-23-17-12-10-16(11-13-17)22(23)26(30)29-15-14-20-24(18-6-2-1-3-7-18)28-21-9-5-4-8-19(21)25(20)29;/h1-9,16-17,20,22-25,28H,10-15,27H2;1H/t16?,17?,20-,22+,23-,24+,25+;/m1./s1. The quantitative estimate of drug-likeness (QED) is 0.700. The van der Waals surface area contributed by atoms with Crippen LogP contribution in [-0.4, -0.2) is 23.4 Å². The lowest BCUT2D eigenvalue weighted by Gasteiger charge is -2.48. The number of amides is 1. The molecular weight excluding hydrogens is 406 g/mol. The van der Waals surface area contributed by atoms with E-state index in [2.05, 4.69) is 64.8 Å². The molecule has 164 valence electrons. The Labute approximate surface area is 191 Å². The zero-order valence-corrected chi connectivity index (χ0v) is 18.6. The van der Waals surface area contributed by atoms with Crippen LogP contribution in [0.4, 0.5) is 5.69 Å². The number of anilines is 1. The van der Waals surface area contributed by atoms with Gasteiger partial charge in [0.2, 0.25) is 5.91 Å². The Morgan fingerprint density at radius 1 is 0.903 bits per heavy atom. The van der Waals surface area contributed by atoms with Crippen LogP contribution in [0.25, 0.3) is 0 Å². The minimum Gasteiger partial charge on any atom is -0.378 e. The van der Waals surface area contributed by atoms with Gasteiger partial charge in [0.1, 0.15) is 0 Å². The first-order valence-electron chi connectivity index (χ1n) is 11.7. The summed E-state index contributed by atoms with van der Waals surface area (Å²) in [6.45, 7) is 0.841. The van der Waals surface area contributed by atoms with Crippen molar-refractivity contribution in [2.24, 2.45) is 29.4 Å². The third kappa shape index (κ3) is 3.27. The van der Waals surface area contributed by atoms with Crippen molar-refractivity contribution in [1.29, 1.82) is 0 Å². The summed E-state index contributed by atoms with van der Waals surface area (Å²) in [4.78, 5) is 16.1. The van der Waals surface area contributed by atoms with E-state index >= 15 is 0 Å². The van der Waals surface area contributed by atoms with E-state index in [0.29, 0.717) is 23.7 Å². The van der Waals surface area contributed by atoms with Crippen molar-refractivity contribution in [2.75, 3.05) is 11.9 Å². The van der Waals surface area contributed by atoms with Crippen molar-refractivity contribution in [3.8, 4) is 0 Å². The molecule has 2 aliphatic heterocycles. The maximum Gasteiger partial charge on any atom is 0.228 e. The van der Waals surface area contributed by atoms with Crippen molar-refractivity contribution >= 4 is 24.0 Å². The second-order valence-electron chi connectivity index (χ2n) is 9.83. The topological polar surface area (TPSA) is 58.4 Å². The summed E-state index contributed by atoms with van der Waals surface area (Å²) in [6, 6.07) is 19.7. The third-order valence-electron chi connectivity index (χ3n) is 8.47. The number of para-hydroxylation sites is 1. The van der Waals surface area contributed by atoms with E-state index in [1.165, 1.54) is 42.5 Å². The number of rotatable bonds is 2. The van der Waals surface area contributed by atoms with Gasteiger partial charge >= 0.3 is 0 Å². The molecule has 5 aliphatic rings. The summed E-state index contributed by atoms with van der Waals surface area (Å²) in [5.74, 6) is 1.77. The predicted molar refractivity (Wildman–Crippen MR) is 126 cm³/mol. The van der Waals surface area contributed by atoms with E-state index in [4.69, 9.17) is 5.73 Å². The van der Waals surface area contributed by atoms with Crippen LogP contribution in [0, 0.1) is 23.7 Å². The zero-order valence-electron chi connectivity index (χ0n) is 17.8. The molecule has 1 amide bonds. The molecule has 0 spiro atoms. The van der Waals surface area contributed by atoms with Crippen LogP contribution in [0.1, 0.15) is 55.3 Å². The van der Waals surface area contributed by atoms with Crippen LogP contribution in [-0.2, 0) is 4.79 Å². The number of halogens is 1. The lowest BCUT2D eigenvalue weighted by molar-refractivity contribution is -0.143. The molecule has 4 fully saturated rings. The molecule has 31 heavy (non-hydrogen) atoms. The molecular formula is C26H32ClN3O. The van der Waals surface area contributed by atoms with Gasteiger partial charge in [0.25, 0.3) is 0 Å². The Morgan fingerprint density at radius 2 is 1.58 bits per heavy atom. The van der Waals surface area contributed by atoms with E-state index in [1.54, 1.807) is 0 Å². The van der Waals surface area contributed by atoms with Gasteiger partial charge in [-0.25, -0.2) is 0 Å². The molecule has 5 heteroatoms. The molecule has 1 saturated heterocycles. The van der Waals surface area contributed by atoms with Gasteiger partial charge in [0, 0.05) is 24.2 Å². The number of fused-ring (bicyclic) bond motifs is 6. The maximum absolute atomic E-state index is 13.9. The second kappa shape index (κ2) is 8.14. The molecule has 5 atom stereocenters. The molecule has 2 aromatic rings. The van der Waals surface area contributed by atoms with Gasteiger partial charge in [0.15, 0.2) is 0 Å². The van der Waals surface area contributed by atoms with Gasteiger partial charge in [-0.3, -0.25) is 4.79 Å². The van der Waals surface area contributed by atoms with Crippen LogP contribution < -0.4 is 11.1 Å². The number of nitrogens with two attached hydrogens (primary N) is 1. The number of likely N-dealkylation sites (tertiary alicyclic amines) is 1. The summed E-state index contributed by atoms with van der Waals surface area (Å²) in [6.07, 6.45) is 5.82. The molecule has 0 radical (unpaired) electrons. The van der Waals surface area contributed by atoms with Crippen LogP contribution in [0.2, 0.25) is 0 Å². The number of carbonyl (C=O) groups is 1. The van der Waals surface area contributed by atoms with Gasteiger partial charge in [0.05, 0.1) is 18.0 Å². The van der Waals surface area contributed by atoms with E-state index in [1.807, 2.05) is 0 Å². The number of benzene rings is 2. The Balaban J connectivity index is 0.00000204. The fourth-order valence-electron chi connectivity index (χ4n) is 7.02. The molecule has 0 unspecified atom stereocenters. The zero-order chi connectivity index (χ0) is 20.2. The lowest BCUT2D eigenvalue weighted by atomic mass is 9.61. The van der Waals surface area contributed by atoms with E-state index < -0.39 is 0 Å². The number of hydrogen-bond donors (Lipinski definition) is 2. The monoisotopic (exact) mass is 437 g/mol. The van der Waals surface area contributed by atoms with E-state index in [9.17, 15) is 4.79 Å². The van der Waals surface area contributed by atoms with Gasteiger partial charge in [-0.15, -0.1) is 12.4 Å². The first kappa shape index (κ1) is 20.8. The van der Waals surface area contributed by atoms with Crippen molar-refractivity contribution in [3.05, 3.63) is 65.7 Å². The molecule has 3 aliphatic carbocycles. The molecule has 0 aromatic heterocycles. The first-order valence-corrected chi connectivity index (χ1v) is 11.7. The van der Waals surface area contributed by atoms with Crippen LogP contribution in [0.3, 0.4) is 0 Å². The third-order valence-corrected chi connectivity index (χ3v) is 8.47. The summed E-state index contributed by atoms with van der Waals surface area (Å²) in [7, 11) is 0. The maximum atomic E-state index is 13.9. The van der Waals surface area contributed by atoms with Gasteiger partial charge in [-0.05, 0) is 61.1 Å². The van der Waals surface area contributed by atoms with Gasteiger partial charge in [-0.1, -0.05) is 48.5 Å². The number of nitrogens with zero attached hydrogens (tertiary/aromatic N) is 1. The summed E-state index contributed by atoms with van der Waals surface area (Å²) in [5.41, 5.74) is 10.4. The SMILES string of the molecule is Cl.N[C@@H]1C2CCC(CC2)[C@@H]1C(=O)N1CC[C@@H]2[C@H](c3ccccc3)Nc3ccccc3[C@@H]21. The fraction of sp³-hybridized carbons (Fsp3) is 0.500. The smallest absolute Gasteiger partial charge is 0.228 e. The largest absolute Gasteiger partial charge is 0.378 e. The summed E-state index contributed by atoms with van der Waals surface area (Å²) >= 11 is 0. The Kier molecular flexibility index (Phi) is 5.47. The highest BCUT2D eigenvalue weighted by molar-refractivity contribution is 5.85. The molecule has 3 N–H and O–H groups in total. The summed E-state index contributed by atoms with van der Waals surface area (Å²) < 4.78 is 0. The highest BCUT2D eigenvalue weighted by Crippen LogP contribution is 2.53. The Bertz CT molecular complexity index is 941. The lowest BCUT2D eigenvalue weighted by Crippen LogP contribution is -2.56. The Hall–Kier alpha value is -2.04. The molecule has 4 nitrogen and oxygen atoms in total. The molecule has 2 aromatic carbocycles. The van der Waals surface area contributed by atoms with Crippen molar-refractivity contribution < 1.29 is 4.79 Å². The highest BCUT2D eigenvalue weighted by Gasteiger charge is 2.51. The van der Waals surface area contributed by atoms with Crippen LogP contribution in [0.5, 0.6) is 0 Å². The van der Waals surface area contributed by atoms with Gasteiger partial charge in [-0.2, -0.15) is 0 Å². The van der Waals surface area contributed by atoms with Crippen molar-refractivity contribution in [2.45, 2.75) is 50.2 Å².